The summed E-state index contributed by atoms with van der Waals surface area (Å²) in [5, 5.41) is 7.21. The lowest BCUT2D eigenvalue weighted by atomic mass is 10.1. The Kier molecular flexibility index (Phi) is 4.90. The Morgan fingerprint density at radius 1 is 1.50 bits per heavy atom. The minimum Gasteiger partial charge on any atom is -0.388 e. The van der Waals surface area contributed by atoms with Gasteiger partial charge in [-0.05, 0) is 27.3 Å². The molecule has 0 heterocycles. The molecule has 1 atom stereocenters. The van der Waals surface area contributed by atoms with E-state index in [1.54, 1.807) is 0 Å². The molecule has 0 aliphatic heterocycles. The van der Waals surface area contributed by atoms with Crippen LogP contribution in [0.4, 0.5) is 0 Å². The molecule has 0 rings (SSSR count). The van der Waals surface area contributed by atoms with Crippen LogP contribution in [0.15, 0.2) is 0 Å². The number of amidine groups is 1. The molecule has 72 valence electrons. The quantitative estimate of drug-likeness (QED) is 0.485. The molecule has 12 heavy (non-hydrogen) atoms. The molecule has 0 amide bonds. The number of nitrogens with two attached hydrogens (primary N) is 1. The summed E-state index contributed by atoms with van der Waals surface area (Å²) in [6.07, 6.45) is 1.74. The van der Waals surface area contributed by atoms with E-state index in [0.717, 1.165) is 6.42 Å². The van der Waals surface area contributed by atoms with E-state index in [-0.39, 0.29) is 5.84 Å². The van der Waals surface area contributed by atoms with Crippen LogP contribution >= 0.6 is 0 Å². The fraction of sp³-hybridized carbons (Fsp3) is 0.889. The zero-order valence-corrected chi connectivity index (χ0v) is 8.59. The highest BCUT2D eigenvalue weighted by Crippen LogP contribution is 2.09. The highest BCUT2D eigenvalue weighted by molar-refractivity contribution is 5.77. The number of hydrogen-bond acceptors (Lipinski definition) is 2. The van der Waals surface area contributed by atoms with Crippen molar-refractivity contribution >= 4 is 5.84 Å². The summed E-state index contributed by atoms with van der Waals surface area (Å²) < 4.78 is 0. The average molecular weight is 171 g/mol. The van der Waals surface area contributed by atoms with Crippen LogP contribution in [0, 0.1) is 5.41 Å². The lowest BCUT2D eigenvalue weighted by Gasteiger charge is -2.30. The SMILES string of the molecule is CCC(CC(=N)N)N(C)C(C)C. The Balaban J connectivity index is 4.04. The van der Waals surface area contributed by atoms with Crippen LogP contribution in [-0.2, 0) is 0 Å². The van der Waals surface area contributed by atoms with Gasteiger partial charge in [0.05, 0.1) is 5.84 Å². The first-order chi connectivity index (χ1) is 5.49. The molecule has 0 bridgehead atoms. The smallest absolute Gasteiger partial charge is 0.0921 e. The summed E-state index contributed by atoms with van der Waals surface area (Å²) in [6.45, 7) is 6.44. The third kappa shape index (κ3) is 3.72. The Morgan fingerprint density at radius 3 is 2.25 bits per heavy atom. The van der Waals surface area contributed by atoms with Crippen molar-refractivity contribution in [2.75, 3.05) is 7.05 Å². The van der Waals surface area contributed by atoms with Gasteiger partial charge < -0.3 is 10.6 Å². The average Bonchev–Trinajstić information content (AvgIpc) is 1.98. The van der Waals surface area contributed by atoms with Crippen LogP contribution in [0.2, 0.25) is 0 Å². The van der Waals surface area contributed by atoms with Crippen molar-refractivity contribution in [2.24, 2.45) is 5.73 Å². The van der Waals surface area contributed by atoms with Crippen molar-refractivity contribution in [3.63, 3.8) is 0 Å². The van der Waals surface area contributed by atoms with Crippen molar-refractivity contribution in [1.82, 2.24) is 4.90 Å². The second-order valence-electron chi connectivity index (χ2n) is 3.55. The molecule has 3 N–H and O–H groups in total. The van der Waals surface area contributed by atoms with Gasteiger partial charge in [0.1, 0.15) is 0 Å². The summed E-state index contributed by atoms with van der Waals surface area (Å²) >= 11 is 0. The molecule has 0 aromatic rings. The Labute approximate surface area is 75.4 Å². The van der Waals surface area contributed by atoms with Crippen LogP contribution in [-0.4, -0.2) is 29.9 Å². The van der Waals surface area contributed by atoms with E-state index < -0.39 is 0 Å². The minimum absolute atomic E-state index is 0.286. The largest absolute Gasteiger partial charge is 0.388 e. The molecule has 0 saturated heterocycles. The normalized spacial score (nSPS) is 13.8. The highest BCUT2D eigenvalue weighted by atomic mass is 15.1. The van der Waals surface area contributed by atoms with Gasteiger partial charge in [0.15, 0.2) is 0 Å². The van der Waals surface area contributed by atoms with Crippen LogP contribution in [0.3, 0.4) is 0 Å². The van der Waals surface area contributed by atoms with Crippen molar-refractivity contribution in [3.8, 4) is 0 Å². The van der Waals surface area contributed by atoms with E-state index in [1.165, 1.54) is 0 Å². The van der Waals surface area contributed by atoms with Crippen LogP contribution < -0.4 is 5.73 Å². The van der Waals surface area contributed by atoms with E-state index in [4.69, 9.17) is 11.1 Å². The highest BCUT2D eigenvalue weighted by Gasteiger charge is 2.15. The number of hydrogen-bond donors (Lipinski definition) is 2. The Morgan fingerprint density at radius 2 is 2.00 bits per heavy atom. The second kappa shape index (κ2) is 5.14. The summed E-state index contributed by atoms with van der Waals surface area (Å²) in [7, 11) is 2.09. The standard InChI is InChI=1S/C9H21N3/c1-5-8(6-9(10)11)12(4)7(2)3/h7-8H,5-6H2,1-4H3,(H3,10,11). The molecular weight excluding hydrogens is 150 g/mol. The third-order valence-corrected chi connectivity index (χ3v) is 2.32. The molecule has 1 unspecified atom stereocenters. The van der Waals surface area contributed by atoms with Crippen LogP contribution in [0.25, 0.3) is 0 Å². The molecule has 0 radical (unpaired) electrons. The van der Waals surface area contributed by atoms with E-state index in [1.807, 2.05) is 0 Å². The van der Waals surface area contributed by atoms with Gasteiger partial charge in [-0.3, -0.25) is 5.41 Å². The topological polar surface area (TPSA) is 53.1 Å². The number of rotatable bonds is 5. The lowest BCUT2D eigenvalue weighted by molar-refractivity contribution is 0.194. The zero-order chi connectivity index (χ0) is 9.72. The molecule has 3 nitrogen and oxygen atoms in total. The van der Waals surface area contributed by atoms with E-state index >= 15 is 0 Å². The monoisotopic (exact) mass is 171 g/mol. The van der Waals surface area contributed by atoms with Gasteiger partial charge >= 0.3 is 0 Å². The second-order valence-corrected chi connectivity index (χ2v) is 3.55. The van der Waals surface area contributed by atoms with Crippen molar-refractivity contribution in [3.05, 3.63) is 0 Å². The molecule has 0 spiro atoms. The summed E-state index contributed by atoms with van der Waals surface area (Å²) in [4.78, 5) is 2.27. The maximum absolute atomic E-state index is 7.21. The molecule has 0 fully saturated rings. The fourth-order valence-electron chi connectivity index (χ4n) is 1.25. The predicted molar refractivity (Wildman–Crippen MR) is 53.5 cm³/mol. The van der Waals surface area contributed by atoms with E-state index in [2.05, 4.69) is 32.7 Å². The lowest BCUT2D eigenvalue weighted by Crippen LogP contribution is -2.39. The predicted octanol–water partition coefficient (Wildman–Crippen LogP) is 1.43. The molecule has 3 heteroatoms. The van der Waals surface area contributed by atoms with Crippen molar-refractivity contribution in [2.45, 2.75) is 45.7 Å². The zero-order valence-electron chi connectivity index (χ0n) is 8.59. The minimum atomic E-state index is 0.286. The van der Waals surface area contributed by atoms with Crippen molar-refractivity contribution in [1.29, 1.82) is 5.41 Å². The van der Waals surface area contributed by atoms with Gasteiger partial charge in [0.25, 0.3) is 0 Å². The van der Waals surface area contributed by atoms with Gasteiger partial charge in [-0.1, -0.05) is 6.92 Å². The van der Waals surface area contributed by atoms with Gasteiger partial charge in [0.2, 0.25) is 0 Å². The summed E-state index contributed by atoms with van der Waals surface area (Å²) in [5.41, 5.74) is 5.36. The van der Waals surface area contributed by atoms with Gasteiger partial charge in [-0.2, -0.15) is 0 Å². The van der Waals surface area contributed by atoms with Crippen molar-refractivity contribution < 1.29 is 0 Å². The molecule has 0 saturated carbocycles. The maximum atomic E-state index is 7.21. The number of nitrogens with zero attached hydrogens (tertiary/aromatic N) is 1. The fourth-order valence-corrected chi connectivity index (χ4v) is 1.25. The molecule has 0 aliphatic carbocycles. The van der Waals surface area contributed by atoms with Crippen LogP contribution in [0.1, 0.15) is 33.6 Å². The maximum Gasteiger partial charge on any atom is 0.0921 e. The molecule has 0 aromatic heterocycles. The van der Waals surface area contributed by atoms with Crippen LogP contribution in [0.5, 0.6) is 0 Å². The van der Waals surface area contributed by atoms with E-state index in [9.17, 15) is 0 Å². The van der Waals surface area contributed by atoms with Gasteiger partial charge in [0, 0.05) is 18.5 Å². The molecule has 0 aromatic carbocycles. The number of nitrogens with one attached hydrogen (secondary N) is 1. The van der Waals surface area contributed by atoms with E-state index in [0.29, 0.717) is 18.5 Å². The summed E-state index contributed by atoms with van der Waals surface area (Å²) in [5.74, 6) is 0.286. The Hall–Kier alpha value is -0.570. The molecular formula is C9H21N3. The summed E-state index contributed by atoms with van der Waals surface area (Å²) in [6, 6.07) is 0.941. The first-order valence-electron chi connectivity index (χ1n) is 4.53. The Bertz CT molecular complexity index is 143. The van der Waals surface area contributed by atoms with Gasteiger partial charge in [-0.25, -0.2) is 0 Å². The third-order valence-electron chi connectivity index (χ3n) is 2.32. The first-order valence-corrected chi connectivity index (χ1v) is 4.53. The molecule has 0 aliphatic rings. The first kappa shape index (κ1) is 11.4. The van der Waals surface area contributed by atoms with Gasteiger partial charge in [-0.15, -0.1) is 0 Å².